The predicted molar refractivity (Wildman–Crippen MR) is 149 cm³/mol. The van der Waals surface area contributed by atoms with E-state index in [9.17, 15) is 4.79 Å². The minimum absolute atomic E-state index is 0.135. The first-order valence-corrected chi connectivity index (χ1v) is 12.9. The van der Waals surface area contributed by atoms with Crippen LogP contribution in [-0.4, -0.2) is 43.8 Å². The molecule has 1 fully saturated rings. The molecule has 0 aliphatic carbocycles. The lowest BCUT2D eigenvalue weighted by atomic mass is 10.1. The third-order valence-electron chi connectivity index (χ3n) is 7.07. The molecule has 0 spiro atoms. The molecule has 1 amide bonds. The van der Waals surface area contributed by atoms with Crippen LogP contribution in [0.15, 0.2) is 85.2 Å². The predicted octanol–water partition coefficient (Wildman–Crippen LogP) is 5.59. The highest BCUT2D eigenvalue weighted by atomic mass is 16.1. The van der Waals surface area contributed by atoms with Crippen LogP contribution >= 0.6 is 0 Å². The molecular formula is C30H29N7O. The molecule has 1 aliphatic rings. The quantitative estimate of drug-likeness (QED) is 0.327. The van der Waals surface area contributed by atoms with Gasteiger partial charge in [0.25, 0.3) is 5.91 Å². The second-order valence-electron chi connectivity index (χ2n) is 9.64. The van der Waals surface area contributed by atoms with Gasteiger partial charge in [0, 0.05) is 35.6 Å². The number of nitrogens with zero attached hydrogens (tertiary/aromatic N) is 6. The zero-order valence-electron chi connectivity index (χ0n) is 21.5. The summed E-state index contributed by atoms with van der Waals surface area (Å²) in [5.41, 5.74) is 7.94. The molecule has 0 bridgehead atoms. The van der Waals surface area contributed by atoms with E-state index in [1.165, 1.54) is 12.8 Å². The molecule has 38 heavy (non-hydrogen) atoms. The fourth-order valence-corrected chi connectivity index (χ4v) is 4.95. The highest BCUT2D eigenvalue weighted by Crippen LogP contribution is 2.26. The maximum Gasteiger partial charge on any atom is 0.255 e. The van der Waals surface area contributed by atoms with Crippen LogP contribution in [0.2, 0.25) is 0 Å². The highest BCUT2D eigenvalue weighted by molar-refractivity contribution is 6.05. The van der Waals surface area contributed by atoms with Gasteiger partial charge in [-0.15, -0.1) is 5.10 Å². The van der Waals surface area contributed by atoms with E-state index in [2.05, 4.69) is 31.7 Å². The topological polar surface area (TPSA) is 80.9 Å². The molecule has 1 saturated heterocycles. The number of carbonyl (C=O) groups is 1. The fraction of sp³-hybridized carbons (Fsp3) is 0.200. The van der Waals surface area contributed by atoms with Crippen molar-refractivity contribution in [2.24, 2.45) is 0 Å². The normalized spacial score (nSPS) is 13.2. The Kier molecular flexibility index (Phi) is 6.21. The van der Waals surface area contributed by atoms with Crippen molar-refractivity contribution in [3.05, 3.63) is 102 Å². The molecule has 2 aromatic heterocycles. The van der Waals surface area contributed by atoms with Gasteiger partial charge in [-0.25, -0.2) is 9.36 Å². The number of amides is 1. The minimum atomic E-state index is -0.135. The van der Waals surface area contributed by atoms with Crippen LogP contribution in [0.5, 0.6) is 0 Å². The lowest BCUT2D eigenvalue weighted by Crippen LogP contribution is -2.19. The van der Waals surface area contributed by atoms with Crippen molar-refractivity contribution in [1.29, 1.82) is 0 Å². The molecule has 0 saturated carbocycles. The molecule has 190 valence electrons. The Labute approximate surface area is 221 Å². The Hall–Kier alpha value is -4.72. The van der Waals surface area contributed by atoms with E-state index < -0.39 is 0 Å². The van der Waals surface area contributed by atoms with Gasteiger partial charge in [-0.1, -0.05) is 35.5 Å². The van der Waals surface area contributed by atoms with Gasteiger partial charge in [-0.05, 0) is 74.7 Å². The molecule has 8 nitrogen and oxygen atoms in total. The van der Waals surface area contributed by atoms with Crippen LogP contribution in [0.1, 0.15) is 34.5 Å². The number of carbonyl (C=O) groups excluding carboxylic acids is 1. The Morgan fingerprint density at radius 2 is 1.68 bits per heavy atom. The average Bonchev–Trinajstić information content (AvgIpc) is 3.72. The second-order valence-corrected chi connectivity index (χ2v) is 9.64. The number of para-hydroxylation sites is 1. The Balaban J connectivity index is 1.23. The molecule has 1 N–H and O–H groups in total. The van der Waals surface area contributed by atoms with E-state index in [4.69, 9.17) is 0 Å². The largest absolute Gasteiger partial charge is 0.372 e. The van der Waals surface area contributed by atoms with Crippen LogP contribution in [0, 0.1) is 13.8 Å². The summed E-state index contributed by atoms with van der Waals surface area (Å²) < 4.78 is 3.64. The number of rotatable bonds is 6. The van der Waals surface area contributed by atoms with E-state index in [0.29, 0.717) is 11.3 Å². The second kappa shape index (κ2) is 9.97. The molecule has 3 heterocycles. The zero-order valence-corrected chi connectivity index (χ0v) is 21.5. The van der Waals surface area contributed by atoms with E-state index in [-0.39, 0.29) is 5.91 Å². The van der Waals surface area contributed by atoms with Crippen LogP contribution < -0.4 is 10.2 Å². The molecular weight excluding hydrogens is 474 g/mol. The summed E-state index contributed by atoms with van der Waals surface area (Å²) in [7, 11) is 0. The highest BCUT2D eigenvalue weighted by Gasteiger charge is 2.17. The van der Waals surface area contributed by atoms with Crippen molar-refractivity contribution in [1.82, 2.24) is 24.8 Å². The van der Waals surface area contributed by atoms with Crippen molar-refractivity contribution in [2.45, 2.75) is 26.7 Å². The fourth-order valence-electron chi connectivity index (χ4n) is 4.95. The lowest BCUT2D eigenvalue weighted by Gasteiger charge is -2.18. The standard InChI is InChI=1S/C30H29N7O/c1-21-13-14-24(32-30(38)23-9-8-12-26(17-23)35-15-6-7-16-35)18-29(21)36-20-28(33-34-36)27-19-31-37(22(27)2)25-10-4-3-5-11-25/h3-5,8-14,17-20H,6-7,15-16H2,1-2H3,(H,32,38). The number of aromatic nitrogens is 5. The lowest BCUT2D eigenvalue weighted by molar-refractivity contribution is 0.102. The van der Waals surface area contributed by atoms with Crippen molar-refractivity contribution < 1.29 is 4.79 Å². The molecule has 5 aromatic rings. The van der Waals surface area contributed by atoms with Gasteiger partial charge in [-0.3, -0.25) is 4.79 Å². The summed E-state index contributed by atoms with van der Waals surface area (Å²) in [5.74, 6) is -0.135. The van der Waals surface area contributed by atoms with E-state index >= 15 is 0 Å². The van der Waals surface area contributed by atoms with E-state index in [0.717, 1.165) is 52.7 Å². The first-order chi connectivity index (χ1) is 18.6. The third-order valence-corrected chi connectivity index (χ3v) is 7.07. The smallest absolute Gasteiger partial charge is 0.255 e. The number of hydrogen-bond acceptors (Lipinski definition) is 5. The van der Waals surface area contributed by atoms with Gasteiger partial charge < -0.3 is 10.2 Å². The van der Waals surface area contributed by atoms with Crippen LogP contribution in [-0.2, 0) is 0 Å². The number of hydrogen-bond donors (Lipinski definition) is 1. The van der Waals surface area contributed by atoms with E-state index in [1.807, 2.05) is 97.7 Å². The van der Waals surface area contributed by atoms with Gasteiger partial charge in [0.1, 0.15) is 5.69 Å². The summed E-state index contributed by atoms with van der Waals surface area (Å²) in [6.07, 6.45) is 6.10. The maximum atomic E-state index is 13.1. The summed E-state index contributed by atoms with van der Waals surface area (Å²) in [5, 5.41) is 16.4. The molecule has 1 aliphatic heterocycles. The molecule has 0 unspecified atom stereocenters. The molecule has 0 radical (unpaired) electrons. The van der Waals surface area contributed by atoms with Crippen molar-refractivity contribution >= 4 is 17.3 Å². The Morgan fingerprint density at radius 3 is 2.50 bits per heavy atom. The van der Waals surface area contributed by atoms with Crippen LogP contribution in [0.4, 0.5) is 11.4 Å². The first-order valence-electron chi connectivity index (χ1n) is 12.9. The first kappa shape index (κ1) is 23.7. The monoisotopic (exact) mass is 503 g/mol. The van der Waals surface area contributed by atoms with Gasteiger partial charge in [-0.2, -0.15) is 5.10 Å². The number of anilines is 2. The Bertz CT molecular complexity index is 1600. The SMILES string of the molecule is Cc1ccc(NC(=O)c2cccc(N3CCCC3)c2)cc1-n1cc(-c2cnn(-c3ccccc3)c2C)nn1. The van der Waals surface area contributed by atoms with Gasteiger partial charge in [0.15, 0.2) is 0 Å². The van der Waals surface area contributed by atoms with Crippen molar-refractivity contribution in [3.63, 3.8) is 0 Å². The van der Waals surface area contributed by atoms with Gasteiger partial charge in [0.05, 0.1) is 29.5 Å². The number of nitrogens with one attached hydrogen (secondary N) is 1. The molecule has 6 rings (SSSR count). The third kappa shape index (κ3) is 4.56. The maximum absolute atomic E-state index is 13.1. The average molecular weight is 504 g/mol. The summed E-state index contributed by atoms with van der Waals surface area (Å²) in [4.78, 5) is 15.4. The number of aryl methyl sites for hydroxylation is 1. The zero-order chi connectivity index (χ0) is 26.1. The van der Waals surface area contributed by atoms with Gasteiger partial charge >= 0.3 is 0 Å². The summed E-state index contributed by atoms with van der Waals surface area (Å²) >= 11 is 0. The van der Waals surface area contributed by atoms with E-state index in [1.54, 1.807) is 4.68 Å². The molecule has 8 heteroatoms. The van der Waals surface area contributed by atoms with Crippen molar-refractivity contribution in [3.8, 4) is 22.6 Å². The number of benzene rings is 3. The summed E-state index contributed by atoms with van der Waals surface area (Å²) in [6.45, 7) is 6.12. The molecule has 0 atom stereocenters. The van der Waals surface area contributed by atoms with Crippen molar-refractivity contribution in [2.75, 3.05) is 23.3 Å². The van der Waals surface area contributed by atoms with Crippen LogP contribution in [0.3, 0.4) is 0 Å². The summed E-state index contributed by atoms with van der Waals surface area (Å²) in [6, 6.07) is 23.7. The minimum Gasteiger partial charge on any atom is -0.372 e. The van der Waals surface area contributed by atoms with Crippen LogP contribution in [0.25, 0.3) is 22.6 Å². The molecule has 3 aromatic carbocycles. The Morgan fingerprint density at radius 1 is 0.895 bits per heavy atom. The van der Waals surface area contributed by atoms with Gasteiger partial charge in [0.2, 0.25) is 0 Å².